The summed E-state index contributed by atoms with van der Waals surface area (Å²) in [6, 6.07) is 0.583. The molecule has 11 heavy (non-hydrogen) atoms. The molecule has 0 spiro atoms. The standard InChI is InChI=1S/C9H20ClN/c1-9(2,3)8(6-7-10)11(4)5/h8H,6-7H2,1-5H3. The molecule has 0 saturated heterocycles. The second kappa shape index (κ2) is 4.32. The summed E-state index contributed by atoms with van der Waals surface area (Å²) in [6.45, 7) is 6.76. The van der Waals surface area contributed by atoms with Crippen LogP contribution in [0.5, 0.6) is 0 Å². The van der Waals surface area contributed by atoms with E-state index in [0.29, 0.717) is 11.5 Å². The van der Waals surface area contributed by atoms with Crippen molar-refractivity contribution in [3.05, 3.63) is 0 Å². The monoisotopic (exact) mass is 177 g/mol. The van der Waals surface area contributed by atoms with Crippen LogP contribution < -0.4 is 0 Å². The van der Waals surface area contributed by atoms with E-state index in [9.17, 15) is 0 Å². The number of rotatable bonds is 3. The molecule has 0 bridgehead atoms. The third-order valence-corrected chi connectivity index (χ3v) is 2.22. The zero-order chi connectivity index (χ0) is 9.07. The molecule has 1 nitrogen and oxygen atoms in total. The molecule has 0 saturated carbocycles. The van der Waals surface area contributed by atoms with Gasteiger partial charge in [0.2, 0.25) is 0 Å². The molecule has 0 radical (unpaired) electrons. The van der Waals surface area contributed by atoms with Crippen LogP contribution in [0.4, 0.5) is 0 Å². The number of nitrogens with zero attached hydrogens (tertiary/aromatic N) is 1. The summed E-state index contributed by atoms with van der Waals surface area (Å²) in [6.07, 6.45) is 1.07. The second-order valence-corrected chi connectivity index (χ2v) is 4.70. The molecule has 68 valence electrons. The van der Waals surface area contributed by atoms with Gasteiger partial charge in [0.15, 0.2) is 0 Å². The van der Waals surface area contributed by atoms with Gasteiger partial charge in [-0.1, -0.05) is 20.8 Å². The molecule has 0 heterocycles. The topological polar surface area (TPSA) is 3.24 Å². The maximum atomic E-state index is 5.72. The van der Waals surface area contributed by atoms with E-state index in [0.717, 1.165) is 12.3 Å². The summed E-state index contributed by atoms with van der Waals surface area (Å²) in [7, 11) is 4.23. The Bertz CT molecular complexity index is 105. The first-order valence-electron chi connectivity index (χ1n) is 4.12. The van der Waals surface area contributed by atoms with Crippen molar-refractivity contribution in [1.82, 2.24) is 4.90 Å². The molecular formula is C9H20ClN. The first-order valence-corrected chi connectivity index (χ1v) is 4.65. The van der Waals surface area contributed by atoms with Crippen LogP contribution in [-0.4, -0.2) is 30.9 Å². The van der Waals surface area contributed by atoms with Crippen LogP contribution in [0.25, 0.3) is 0 Å². The molecule has 0 aromatic heterocycles. The van der Waals surface area contributed by atoms with Crippen molar-refractivity contribution >= 4 is 11.6 Å². The molecule has 2 heteroatoms. The van der Waals surface area contributed by atoms with E-state index in [1.807, 2.05) is 0 Å². The van der Waals surface area contributed by atoms with Crippen molar-refractivity contribution in [3.63, 3.8) is 0 Å². The molecule has 0 rings (SSSR count). The van der Waals surface area contributed by atoms with E-state index < -0.39 is 0 Å². The average Bonchev–Trinajstić information content (AvgIpc) is 1.79. The molecule has 0 aliphatic carbocycles. The van der Waals surface area contributed by atoms with Gasteiger partial charge in [0.1, 0.15) is 0 Å². The first kappa shape index (κ1) is 11.2. The average molecular weight is 178 g/mol. The fourth-order valence-electron chi connectivity index (χ4n) is 1.57. The third-order valence-electron chi connectivity index (χ3n) is 2.01. The Hall–Kier alpha value is 0.250. The Morgan fingerprint density at radius 1 is 1.27 bits per heavy atom. The summed E-state index contributed by atoms with van der Waals surface area (Å²) in [5, 5.41) is 0. The van der Waals surface area contributed by atoms with E-state index in [-0.39, 0.29) is 0 Å². The zero-order valence-corrected chi connectivity index (χ0v) is 9.07. The van der Waals surface area contributed by atoms with Gasteiger partial charge in [-0.3, -0.25) is 0 Å². The molecule has 0 amide bonds. The Labute approximate surface area is 75.7 Å². The van der Waals surface area contributed by atoms with E-state index in [1.54, 1.807) is 0 Å². The van der Waals surface area contributed by atoms with E-state index in [4.69, 9.17) is 11.6 Å². The van der Waals surface area contributed by atoms with Crippen LogP contribution in [0.3, 0.4) is 0 Å². The number of hydrogen-bond donors (Lipinski definition) is 0. The van der Waals surface area contributed by atoms with Crippen LogP contribution >= 0.6 is 11.6 Å². The summed E-state index contributed by atoms with van der Waals surface area (Å²) in [5.74, 6) is 0.750. The van der Waals surface area contributed by atoms with E-state index in [1.165, 1.54) is 0 Å². The Morgan fingerprint density at radius 2 is 1.73 bits per heavy atom. The molecule has 1 unspecified atom stereocenters. The molecule has 0 aromatic carbocycles. The van der Waals surface area contributed by atoms with Crippen molar-refractivity contribution in [2.75, 3.05) is 20.0 Å². The van der Waals surface area contributed by atoms with Crippen LogP contribution in [0.2, 0.25) is 0 Å². The Morgan fingerprint density at radius 3 is 1.82 bits per heavy atom. The molecular weight excluding hydrogens is 158 g/mol. The van der Waals surface area contributed by atoms with E-state index in [2.05, 4.69) is 39.8 Å². The normalized spacial score (nSPS) is 15.5. The highest BCUT2D eigenvalue weighted by Crippen LogP contribution is 2.25. The zero-order valence-electron chi connectivity index (χ0n) is 8.32. The largest absolute Gasteiger partial charge is 0.306 e. The van der Waals surface area contributed by atoms with Gasteiger partial charge in [0.05, 0.1) is 0 Å². The lowest BCUT2D eigenvalue weighted by molar-refractivity contribution is 0.148. The predicted octanol–water partition coefficient (Wildman–Crippen LogP) is 2.59. The Kier molecular flexibility index (Phi) is 4.42. The minimum absolute atomic E-state index is 0.332. The van der Waals surface area contributed by atoms with Crippen molar-refractivity contribution in [2.24, 2.45) is 5.41 Å². The Balaban J connectivity index is 4.10. The highest BCUT2D eigenvalue weighted by Gasteiger charge is 2.25. The van der Waals surface area contributed by atoms with Gasteiger partial charge in [-0.15, -0.1) is 11.6 Å². The number of hydrogen-bond acceptors (Lipinski definition) is 1. The lowest BCUT2D eigenvalue weighted by atomic mass is 9.84. The molecule has 0 aliphatic rings. The van der Waals surface area contributed by atoms with Crippen LogP contribution in [0.15, 0.2) is 0 Å². The lowest BCUT2D eigenvalue weighted by Crippen LogP contribution is -2.39. The molecule has 1 atom stereocenters. The van der Waals surface area contributed by atoms with Gasteiger partial charge in [-0.2, -0.15) is 0 Å². The maximum absolute atomic E-state index is 5.72. The van der Waals surface area contributed by atoms with Crippen molar-refractivity contribution in [2.45, 2.75) is 33.2 Å². The highest BCUT2D eigenvalue weighted by atomic mass is 35.5. The van der Waals surface area contributed by atoms with Gasteiger partial charge in [0.25, 0.3) is 0 Å². The highest BCUT2D eigenvalue weighted by molar-refractivity contribution is 6.17. The molecule has 0 aromatic rings. The SMILES string of the molecule is CN(C)C(CCCl)C(C)(C)C. The minimum atomic E-state index is 0.332. The van der Waals surface area contributed by atoms with Gasteiger partial charge < -0.3 is 4.90 Å². The molecule has 0 aliphatic heterocycles. The molecule has 0 fully saturated rings. The van der Waals surface area contributed by atoms with Gasteiger partial charge in [-0.05, 0) is 25.9 Å². The summed E-state index contributed by atoms with van der Waals surface area (Å²) < 4.78 is 0. The van der Waals surface area contributed by atoms with Gasteiger partial charge >= 0.3 is 0 Å². The van der Waals surface area contributed by atoms with Crippen LogP contribution in [-0.2, 0) is 0 Å². The maximum Gasteiger partial charge on any atom is 0.0238 e. The van der Waals surface area contributed by atoms with E-state index >= 15 is 0 Å². The second-order valence-electron chi connectivity index (χ2n) is 4.32. The number of halogens is 1. The predicted molar refractivity (Wildman–Crippen MR) is 52.3 cm³/mol. The van der Waals surface area contributed by atoms with Gasteiger partial charge in [-0.25, -0.2) is 0 Å². The van der Waals surface area contributed by atoms with Crippen molar-refractivity contribution in [1.29, 1.82) is 0 Å². The molecule has 0 N–H and O–H groups in total. The quantitative estimate of drug-likeness (QED) is 0.600. The van der Waals surface area contributed by atoms with Crippen molar-refractivity contribution < 1.29 is 0 Å². The smallest absolute Gasteiger partial charge is 0.0238 e. The van der Waals surface area contributed by atoms with Crippen LogP contribution in [0.1, 0.15) is 27.2 Å². The summed E-state index contributed by atoms with van der Waals surface area (Å²) in [5.41, 5.74) is 0.332. The fraction of sp³-hybridized carbons (Fsp3) is 1.00. The minimum Gasteiger partial charge on any atom is -0.306 e. The third kappa shape index (κ3) is 3.97. The van der Waals surface area contributed by atoms with Crippen molar-refractivity contribution in [3.8, 4) is 0 Å². The van der Waals surface area contributed by atoms with Gasteiger partial charge in [0, 0.05) is 11.9 Å². The summed E-state index contributed by atoms with van der Waals surface area (Å²) >= 11 is 5.72. The first-order chi connectivity index (χ1) is 4.89. The van der Waals surface area contributed by atoms with Crippen LogP contribution in [0, 0.1) is 5.41 Å². The lowest BCUT2D eigenvalue weighted by Gasteiger charge is -2.35. The number of alkyl halides is 1. The fourth-order valence-corrected chi connectivity index (χ4v) is 1.78. The summed E-state index contributed by atoms with van der Waals surface area (Å²) in [4.78, 5) is 2.25.